The van der Waals surface area contributed by atoms with Crippen molar-refractivity contribution in [3.05, 3.63) is 57.4 Å². The molecule has 9 heteroatoms. The van der Waals surface area contributed by atoms with Crippen LogP contribution in [-0.2, 0) is 4.74 Å². The quantitative estimate of drug-likeness (QED) is 0.485. The molecule has 1 aliphatic rings. The zero-order valence-electron chi connectivity index (χ0n) is 14.9. The van der Waals surface area contributed by atoms with Gasteiger partial charge in [-0.2, -0.15) is 5.43 Å². The Bertz CT molecular complexity index is 1100. The summed E-state index contributed by atoms with van der Waals surface area (Å²) in [7, 11) is 2.92. The number of cyclic esters (lactones) is 1. The van der Waals surface area contributed by atoms with E-state index in [2.05, 4.69) is 10.9 Å². The minimum Gasteiger partial charge on any atom is -0.493 e. The largest absolute Gasteiger partial charge is 0.493 e. The van der Waals surface area contributed by atoms with E-state index in [4.69, 9.17) is 25.8 Å². The van der Waals surface area contributed by atoms with Crippen LogP contribution >= 0.6 is 22.9 Å². The van der Waals surface area contributed by atoms with E-state index in [-0.39, 0.29) is 11.3 Å². The van der Waals surface area contributed by atoms with Crippen molar-refractivity contribution in [3.63, 3.8) is 0 Å². The van der Waals surface area contributed by atoms with E-state index in [9.17, 15) is 9.59 Å². The predicted octanol–water partition coefficient (Wildman–Crippen LogP) is 3.68. The van der Waals surface area contributed by atoms with Gasteiger partial charge >= 0.3 is 5.97 Å². The van der Waals surface area contributed by atoms with Crippen LogP contribution in [0.4, 0.5) is 0 Å². The fourth-order valence-corrected chi connectivity index (χ4v) is 4.47. The van der Waals surface area contributed by atoms with E-state index in [1.165, 1.54) is 25.6 Å². The van der Waals surface area contributed by atoms with Crippen molar-refractivity contribution in [1.29, 1.82) is 0 Å². The first kappa shape index (κ1) is 18.5. The summed E-state index contributed by atoms with van der Waals surface area (Å²) in [5, 5.41) is 1.20. The van der Waals surface area contributed by atoms with Crippen molar-refractivity contribution in [2.45, 2.75) is 6.23 Å². The summed E-state index contributed by atoms with van der Waals surface area (Å²) in [5.41, 5.74) is 6.08. The van der Waals surface area contributed by atoms with Gasteiger partial charge in [0, 0.05) is 15.6 Å². The monoisotopic (exact) mass is 418 g/mol. The van der Waals surface area contributed by atoms with Crippen LogP contribution in [0.15, 0.2) is 36.4 Å². The Morgan fingerprint density at radius 1 is 1.18 bits per heavy atom. The topological polar surface area (TPSA) is 85.9 Å². The van der Waals surface area contributed by atoms with Gasteiger partial charge in [-0.25, -0.2) is 4.79 Å². The number of benzene rings is 2. The van der Waals surface area contributed by atoms with Crippen molar-refractivity contribution in [2.75, 3.05) is 14.2 Å². The molecule has 1 aromatic heterocycles. The summed E-state index contributed by atoms with van der Waals surface area (Å²) < 4.78 is 16.7. The Hall–Kier alpha value is -2.81. The maximum absolute atomic E-state index is 12.6. The molecular formula is C19H15ClN2O5S. The number of nitrogens with one attached hydrogen (secondary N) is 2. The molecule has 2 N–H and O–H groups in total. The van der Waals surface area contributed by atoms with Gasteiger partial charge in [0.15, 0.2) is 17.7 Å². The molecule has 144 valence electrons. The zero-order valence-corrected chi connectivity index (χ0v) is 16.4. The number of hydrazine groups is 1. The van der Waals surface area contributed by atoms with Gasteiger partial charge in [-0.3, -0.25) is 10.2 Å². The number of esters is 1. The molecule has 0 saturated carbocycles. The summed E-state index contributed by atoms with van der Waals surface area (Å²) in [6, 6.07) is 10.8. The molecule has 4 rings (SSSR count). The highest BCUT2D eigenvalue weighted by molar-refractivity contribution is 7.21. The van der Waals surface area contributed by atoms with E-state index in [0.29, 0.717) is 21.2 Å². The molecule has 0 aliphatic carbocycles. The number of methoxy groups -OCH3 is 2. The van der Waals surface area contributed by atoms with Gasteiger partial charge < -0.3 is 14.2 Å². The van der Waals surface area contributed by atoms with Crippen LogP contribution in [0.1, 0.15) is 31.8 Å². The zero-order chi connectivity index (χ0) is 19.8. The number of hydrogen-bond acceptors (Lipinski definition) is 7. The Morgan fingerprint density at radius 3 is 2.68 bits per heavy atom. The van der Waals surface area contributed by atoms with Crippen LogP contribution in [-0.4, -0.2) is 26.1 Å². The number of carbonyl (C=O) groups excluding carboxylic acids is 2. The van der Waals surface area contributed by atoms with Gasteiger partial charge in [-0.1, -0.05) is 29.8 Å². The highest BCUT2D eigenvalue weighted by Crippen LogP contribution is 2.41. The molecule has 0 bridgehead atoms. The fourth-order valence-electron chi connectivity index (χ4n) is 3.06. The Kier molecular flexibility index (Phi) is 4.84. The molecule has 2 aromatic carbocycles. The lowest BCUT2D eigenvalue weighted by molar-refractivity contribution is 0.0260. The maximum Gasteiger partial charge on any atom is 0.344 e. The molecule has 1 amide bonds. The van der Waals surface area contributed by atoms with Crippen LogP contribution in [0.25, 0.3) is 10.1 Å². The highest BCUT2D eigenvalue weighted by atomic mass is 35.5. The highest BCUT2D eigenvalue weighted by Gasteiger charge is 2.36. The Morgan fingerprint density at radius 2 is 1.96 bits per heavy atom. The van der Waals surface area contributed by atoms with Gasteiger partial charge in [-0.15, -0.1) is 11.3 Å². The van der Waals surface area contributed by atoms with Crippen LogP contribution in [0.2, 0.25) is 5.02 Å². The molecule has 0 fully saturated rings. The van der Waals surface area contributed by atoms with E-state index in [0.717, 1.165) is 10.1 Å². The average Bonchev–Trinajstić information content (AvgIpc) is 3.23. The van der Waals surface area contributed by atoms with Crippen LogP contribution in [0.5, 0.6) is 11.5 Å². The van der Waals surface area contributed by atoms with Crippen molar-refractivity contribution in [2.24, 2.45) is 0 Å². The molecule has 7 nitrogen and oxygen atoms in total. The Balaban J connectivity index is 1.56. The predicted molar refractivity (Wildman–Crippen MR) is 105 cm³/mol. The summed E-state index contributed by atoms with van der Waals surface area (Å²) >= 11 is 7.61. The number of rotatable bonds is 5. The van der Waals surface area contributed by atoms with Crippen molar-refractivity contribution in [3.8, 4) is 11.5 Å². The molecule has 0 saturated heterocycles. The van der Waals surface area contributed by atoms with Crippen molar-refractivity contribution in [1.82, 2.24) is 10.9 Å². The molecule has 3 aromatic rings. The second kappa shape index (κ2) is 7.31. The van der Waals surface area contributed by atoms with Gasteiger partial charge in [0.1, 0.15) is 10.4 Å². The van der Waals surface area contributed by atoms with Gasteiger partial charge in [-0.05, 0) is 18.2 Å². The third kappa shape index (κ3) is 2.95. The SMILES string of the molecule is COc1ccc2c(c1OC)C(=O)O[C@@H]2NNC(=O)c1sc2ccccc2c1Cl. The van der Waals surface area contributed by atoms with Crippen LogP contribution in [0.3, 0.4) is 0 Å². The average molecular weight is 419 g/mol. The molecule has 1 atom stereocenters. The summed E-state index contributed by atoms with van der Waals surface area (Å²) in [6.07, 6.45) is -0.862. The lowest BCUT2D eigenvalue weighted by Crippen LogP contribution is -2.39. The molecular weight excluding hydrogens is 404 g/mol. The minimum atomic E-state index is -0.862. The minimum absolute atomic E-state index is 0.258. The molecule has 0 radical (unpaired) electrons. The molecule has 0 spiro atoms. The fraction of sp³-hybridized carbons (Fsp3) is 0.158. The number of carbonyl (C=O) groups is 2. The summed E-state index contributed by atoms with van der Waals surface area (Å²) in [6.45, 7) is 0. The van der Waals surface area contributed by atoms with Crippen LogP contribution in [0, 0.1) is 0 Å². The van der Waals surface area contributed by atoms with Crippen LogP contribution < -0.4 is 20.3 Å². The lowest BCUT2D eigenvalue weighted by Gasteiger charge is -2.14. The van der Waals surface area contributed by atoms with E-state index in [1.807, 2.05) is 24.3 Å². The first-order chi connectivity index (χ1) is 13.5. The van der Waals surface area contributed by atoms with Crippen molar-refractivity contribution >= 4 is 44.9 Å². The van der Waals surface area contributed by atoms with E-state index >= 15 is 0 Å². The summed E-state index contributed by atoms with van der Waals surface area (Å²) in [5.74, 6) is -0.290. The number of halogens is 1. The van der Waals surface area contributed by atoms with Gasteiger partial charge in [0.05, 0.1) is 19.2 Å². The van der Waals surface area contributed by atoms with E-state index in [1.54, 1.807) is 12.1 Å². The van der Waals surface area contributed by atoms with Gasteiger partial charge in [0.2, 0.25) is 0 Å². The molecule has 1 aliphatic heterocycles. The lowest BCUT2D eigenvalue weighted by atomic mass is 10.1. The number of fused-ring (bicyclic) bond motifs is 2. The molecule has 28 heavy (non-hydrogen) atoms. The molecule has 2 heterocycles. The standard InChI is InChI=1S/C19H15ClN2O5S/c1-25-11-8-7-10-13(15(11)26-2)19(24)27-18(10)22-21-17(23)16-14(20)9-5-3-4-6-12(9)28-16/h3-8,18,22H,1-2H3,(H,21,23)/t18-/m0/s1. The van der Waals surface area contributed by atoms with E-state index < -0.39 is 18.1 Å². The smallest absolute Gasteiger partial charge is 0.344 e. The third-order valence-electron chi connectivity index (χ3n) is 4.35. The number of amides is 1. The number of thiophene rings is 1. The normalized spacial score (nSPS) is 15.2. The Labute approximate surface area is 169 Å². The number of hydrogen-bond donors (Lipinski definition) is 2. The van der Waals surface area contributed by atoms with Crippen molar-refractivity contribution < 1.29 is 23.8 Å². The van der Waals surface area contributed by atoms with Gasteiger partial charge in [0.25, 0.3) is 5.91 Å². The third-order valence-corrected chi connectivity index (χ3v) is 6.02. The first-order valence-corrected chi connectivity index (χ1v) is 9.43. The first-order valence-electron chi connectivity index (χ1n) is 8.24. The number of ether oxygens (including phenoxy) is 3. The molecule has 0 unspecified atom stereocenters. The maximum atomic E-state index is 12.6. The second-order valence-electron chi connectivity index (χ2n) is 5.89. The summed E-state index contributed by atoms with van der Waals surface area (Å²) in [4.78, 5) is 25.2. The second-order valence-corrected chi connectivity index (χ2v) is 7.32.